The molecule has 4 aromatic rings. The summed E-state index contributed by atoms with van der Waals surface area (Å²) in [7, 11) is 0. The number of hydrogen-bond donors (Lipinski definition) is 0. The topological polar surface area (TPSA) is 24.7 Å². The van der Waals surface area contributed by atoms with E-state index in [2.05, 4.69) is 123 Å². The van der Waals surface area contributed by atoms with Gasteiger partial charge in [-0.3, -0.25) is 0 Å². The van der Waals surface area contributed by atoms with E-state index in [0.29, 0.717) is 11.5 Å². The van der Waals surface area contributed by atoms with Crippen molar-refractivity contribution in [1.29, 1.82) is 0 Å². The lowest BCUT2D eigenvalue weighted by Gasteiger charge is -2.40. The summed E-state index contributed by atoms with van der Waals surface area (Å²) >= 11 is 0. The molecule has 3 aliphatic carbocycles. The minimum absolute atomic E-state index is 0.240. The van der Waals surface area contributed by atoms with Crippen molar-refractivity contribution in [2.75, 3.05) is 0 Å². The zero-order valence-corrected chi connectivity index (χ0v) is 27.5. The maximum Gasteiger partial charge on any atom is 0.160 e. The number of benzene rings is 4. The highest BCUT2D eigenvalue weighted by Crippen LogP contribution is 2.51. The van der Waals surface area contributed by atoms with Gasteiger partial charge in [0.05, 0.1) is 5.70 Å². The standard InChI is InChI=1S/C46H38N2/c1-5-33-22-23-37-25-26-42(43-27-24-34(6-2)44(33)45(37)43)41-29-39(28-40(30-41)36-18-12-8-13-19-36)32(4)48-46(38-20-14-9-15-21-38)47-31(3)35-16-10-7-11-17-35/h5-30,44-45H,2,4H2,1,3H3/b33-5-,47-31?,48-46?. The third kappa shape index (κ3) is 6.01. The van der Waals surface area contributed by atoms with Crippen molar-refractivity contribution in [3.05, 3.63) is 216 Å². The lowest BCUT2D eigenvalue weighted by molar-refractivity contribution is 0.569. The Kier molecular flexibility index (Phi) is 8.64. The Morgan fingerprint density at radius 1 is 0.646 bits per heavy atom. The van der Waals surface area contributed by atoms with Crippen LogP contribution in [0.15, 0.2) is 203 Å². The van der Waals surface area contributed by atoms with Crippen molar-refractivity contribution in [3.8, 4) is 11.1 Å². The minimum atomic E-state index is 0.240. The van der Waals surface area contributed by atoms with Crippen LogP contribution in [0.25, 0.3) is 22.4 Å². The van der Waals surface area contributed by atoms with Gasteiger partial charge in [-0.25, -0.2) is 9.98 Å². The minimum Gasteiger partial charge on any atom is -0.233 e. The first kappa shape index (κ1) is 30.8. The summed E-state index contributed by atoms with van der Waals surface area (Å²) in [6.45, 7) is 12.8. The Hall–Kier alpha value is -5.86. The quantitative estimate of drug-likeness (QED) is 0.145. The second kappa shape index (κ2) is 13.5. The van der Waals surface area contributed by atoms with E-state index in [1.54, 1.807) is 0 Å². The zero-order valence-electron chi connectivity index (χ0n) is 27.5. The molecule has 0 aromatic heterocycles. The first-order valence-corrected chi connectivity index (χ1v) is 16.5. The molecule has 2 heteroatoms. The van der Waals surface area contributed by atoms with Crippen molar-refractivity contribution in [2.24, 2.45) is 21.8 Å². The van der Waals surface area contributed by atoms with Crippen LogP contribution in [0.3, 0.4) is 0 Å². The monoisotopic (exact) mass is 618 g/mol. The second-order valence-electron chi connectivity index (χ2n) is 12.3. The summed E-state index contributed by atoms with van der Waals surface area (Å²) in [6, 6.07) is 37.6. The van der Waals surface area contributed by atoms with Crippen molar-refractivity contribution >= 4 is 22.8 Å². The molecule has 0 bridgehead atoms. The molecule has 0 spiro atoms. The first-order chi connectivity index (χ1) is 23.5. The molecule has 3 aliphatic rings. The third-order valence-corrected chi connectivity index (χ3v) is 9.41. The van der Waals surface area contributed by atoms with Gasteiger partial charge in [-0.1, -0.05) is 153 Å². The fourth-order valence-corrected chi connectivity index (χ4v) is 6.93. The molecule has 4 aromatic carbocycles. The van der Waals surface area contributed by atoms with E-state index >= 15 is 0 Å². The summed E-state index contributed by atoms with van der Waals surface area (Å²) in [5.41, 5.74) is 14.4. The predicted octanol–water partition coefficient (Wildman–Crippen LogP) is 11.4. The van der Waals surface area contributed by atoms with Crippen LogP contribution in [-0.2, 0) is 0 Å². The van der Waals surface area contributed by atoms with Crippen LogP contribution < -0.4 is 0 Å². The van der Waals surface area contributed by atoms with Gasteiger partial charge in [0.1, 0.15) is 0 Å². The Labute approximate surface area is 284 Å². The fourth-order valence-electron chi connectivity index (χ4n) is 6.93. The zero-order chi connectivity index (χ0) is 33.0. The van der Waals surface area contributed by atoms with Gasteiger partial charge in [-0.15, -0.1) is 0 Å². The lowest BCUT2D eigenvalue weighted by atomic mass is 9.63. The maximum atomic E-state index is 5.13. The van der Waals surface area contributed by atoms with E-state index in [4.69, 9.17) is 9.98 Å². The number of aliphatic imine (C=N–C) groups is 2. The lowest BCUT2D eigenvalue weighted by Crippen LogP contribution is -2.28. The summed E-state index contributed by atoms with van der Waals surface area (Å²) in [5, 5.41) is 0. The van der Waals surface area contributed by atoms with Crippen LogP contribution in [0, 0.1) is 11.8 Å². The van der Waals surface area contributed by atoms with Gasteiger partial charge in [0.2, 0.25) is 0 Å². The summed E-state index contributed by atoms with van der Waals surface area (Å²) in [4.78, 5) is 10.2. The molecule has 2 nitrogen and oxygen atoms in total. The molecule has 7 rings (SSSR count). The van der Waals surface area contributed by atoms with Gasteiger partial charge in [0.15, 0.2) is 5.84 Å². The largest absolute Gasteiger partial charge is 0.233 e. The molecule has 0 saturated heterocycles. The van der Waals surface area contributed by atoms with E-state index < -0.39 is 0 Å². The average molecular weight is 619 g/mol. The average Bonchev–Trinajstić information content (AvgIpc) is 3.15. The summed E-state index contributed by atoms with van der Waals surface area (Å²) in [6.07, 6.45) is 17.9. The van der Waals surface area contributed by atoms with Gasteiger partial charge >= 0.3 is 0 Å². The molecule has 232 valence electrons. The van der Waals surface area contributed by atoms with Crippen molar-refractivity contribution < 1.29 is 0 Å². The molecule has 2 atom stereocenters. The SMILES string of the molecule is C=CC1=CC=C2C(c3cc(C(=C)N=C(N=C(C)c4ccccc4)c4ccccc4)cc(-c4ccccc4)c3)=CC=C3C=C/C(=C/C)C1C32. The van der Waals surface area contributed by atoms with Crippen LogP contribution in [0.4, 0.5) is 0 Å². The van der Waals surface area contributed by atoms with E-state index in [-0.39, 0.29) is 11.8 Å². The van der Waals surface area contributed by atoms with Crippen LogP contribution in [0.2, 0.25) is 0 Å². The van der Waals surface area contributed by atoms with Crippen molar-refractivity contribution in [2.45, 2.75) is 13.8 Å². The summed E-state index contributed by atoms with van der Waals surface area (Å²) < 4.78 is 0. The summed E-state index contributed by atoms with van der Waals surface area (Å²) in [5.74, 6) is 1.12. The van der Waals surface area contributed by atoms with E-state index in [1.165, 1.54) is 27.9 Å². The normalized spacial score (nSPS) is 19.5. The van der Waals surface area contributed by atoms with Crippen LogP contribution in [-0.4, -0.2) is 11.5 Å². The Bertz CT molecular complexity index is 2150. The fraction of sp³-hybridized carbons (Fsp3) is 0.0870. The highest BCUT2D eigenvalue weighted by Gasteiger charge is 2.38. The number of rotatable bonds is 7. The Morgan fingerprint density at radius 3 is 2.00 bits per heavy atom. The van der Waals surface area contributed by atoms with Crippen molar-refractivity contribution in [1.82, 2.24) is 0 Å². The second-order valence-corrected chi connectivity index (χ2v) is 12.3. The van der Waals surface area contributed by atoms with Gasteiger partial charge in [0, 0.05) is 28.7 Å². The highest BCUT2D eigenvalue weighted by molar-refractivity contribution is 6.12. The number of nitrogens with zero attached hydrogens (tertiary/aromatic N) is 2. The maximum absolute atomic E-state index is 5.13. The molecule has 0 N–H and O–H groups in total. The molecule has 0 heterocycles. The van der Waals surface area contributed by atoms with Gasteiger partial charge in [0.25, 0.3) is 0 Å². The van der Waals surface area contributed by atoms with Gasteiger partial charge in [-0.2, -0.15) is 0 Å². The molecule has 2 unspecified atom stereocenters. The molecule has 0 aliphatic heterocycles. The molecular weight excluding hydrogens is 581 g/mol. The molecule has 0 radical (unpaired) electrons. The highest BCUT2D eigenvalue weighted by atomic mass is 14.9. The smallest absolute Gasteiger partial charge is 0.160 e. The van der Waals surface area contributed by atoms with Gasteiger partial charge < -0.3 is 0 Å². The molecule has 0 saturated carbocycles. The molecule has 0 amide bonds. The van der Waals surface area contributed by atoms with Crippen LogP contribution in [0.1, 0.15) is 36.1 Å². The number of amidine groups is 1. The van der Waals surface area contributed by atoms with E-state index in [0.717, 1.165) is 39.1 Å². The van der Waals surface area contributed by atoms with E-state index in [9.17, 15) is 0 Å². The van der Waals surface area contributed by atoms with E-state index in [1.807, 2.05) is 61.5 Å². The number of allylic oxidation sites excluding steroid dienone is 13. The molecule has 0 fully saturated rings. The van der Waals surface area contributed by atoms with Crippen molar-refractivity contribution in [3.63, 3.8) is 0 Å². The predicted molar refractivity (Wildman–Crippen MR) is 205 cm³/mol. The van der Waals surface area contributed by atoms with Crippen LogP contribution >= 0.6 is 0 Å². The van der Waals surface area contributed by atoms with Gasteiger partial charge in [-0.05, 0) is 82.2 Å². The molecular formula is C46H38N2. The van der Waals surface area contributed by atoms with Crippen LogP contribution in [0.5, 0.6) is 0 Å². The Morgan fingerprint density at radius 2 is 1.31 bits per heavy atom. The first-order valence-electron chi connectivity index (χ1n) is 16.5. The number of hydrogen-bond acceptors (Lipinski definition) is 1. The molecule has 48 heavy (non-hydrogen) atoms. The third-order valence-electron chi connectivity index (χ3n) is 9.41. The Balaban J connectivity index is 1.37.